The van der Waals surface area contributed by atoms with Gasteiger partial charge in [-0.2, -0.15) is 0 Å². The molecule has 2 heterocycles. The van der Waals surface area contributed by atoms with E-state index in [1.165, 1.54) is 17.1 Å². The molecular formula is C20H21ClN2OS2. The van der Waals surface area contributed by atoms with Gasteiger partial charge in [0.15, 0.2) is 0 Å². The Morgan fingerprint density at radius 3 is 2.65 bits per heavy atom. The molecule has 2 aromatic carbocycles. The van der Waals surface area contributed by atoms with Crippen LogP contribution < -0.4 is 5.32 Å². The molecule has 2 aliphatic rings. The van der Waals surface area contributed by atoms with Crippen molar-refractivity contribution in [1.82, 2.24) is 4.90 Å². The number of hydrogen-bond acceptors (Lipinski definition) is 3. The number of carbonyl (C=O) groups excluding carboxylic acids is 1. The van der Waals surface area contributed by atoms with E-state index in [2.05, 4.69) is 23.5 Å². The lowest BCUT2D eigenvalue weighted by Gasteiger charge is -2.25. The Kier molecular flexibility index (Phi) is 5.67. The first-order valence-corrected chi connectivity index (χ1v) is 11.3. The first-order valence-electron chi connectivity index (χ1n) is 8.87. The number of nitrogens with one attached hydrogen (secondary N) is 1. The lowest BCUT2D eigenvalue weighted by Crippen LogP contribution is -2.34. The molecule has 0 spiro atoms. The fourth-order valence-corrected chi connectivity index (χ4v) is 6.62. The largest absolute Gasteiger partial charge is 0.322 e. The Hall–Kier alpha value is -1.30. The predicted octanol–water partition coefficient (Wildman–Crippen LogP) is 6.19. The van der Waals surface area contributed by atoms with Gasteiger partial charge in [0.2, 0.25) is 0 Å². The van der Waals surface area contributed by atoms with Crippen molar-refractivity contribution in [2.75, 3.05) is 23.4 Å². The monoisotopic (exact) mass is 404 g/mol. The third-order valence-corrected chi connectivity index (χ3v) is 8.12. The Balaban J connectivity index is 1.48. The molecule has 0 saturated carbocycles. The van der Waals surface area contributed by atoms with E-state index in [1.807, 2.05) is 58.8 Å². The van der Waals surface area contributed by atoms with Crippen LogP contribution in [0.4, 0.5) is 10.5 Å². The molecule has 26 heavy (non-hydrogen) atoms. The zero-order valence-electron chi connectivity index (χ0n) is 14.4. The van der Waals surface area contributed by atoms with Crippen LogP contribution in [0, 0.1) is 0 Å². The Labute approximate surface area is 167 Å². The number of thioether (sulfide) groups is 2. The van der Waals surface area contributed by atoms with Gasteiger partial charge in [0.1, 0.15) is 0 Å². The summed E-state index contributed by atoms with van der Waals surface area (Å²) in [5.41, 5.74) is 3.26. The van der Waals surface area contributed by atoms with Gasteiger partial charge in [0, 0.05) is 28.8 Å². The highest BCUT2D eigenvalue weighted by atomic mass is 35.5. The van der Waals surface area contributed by atoms with Crippen LogP contribution >= 0.6 is 35.1 Å². The van der Waals surface area contributed by atoms with Crippen molar-refractivity contribution < 1.29 is 4.79 Å². The Bertz CT molecular complexity index is 795. The van der Waals surface area contributed by atoms with E-state index in [9.17, 15) is 4.79 Å². The summed E-state index contributed by atoms with van der Waals surface area (Å²) < 4.78 is 0.484. The molecule has 3 nitrogen and oxygen atoms in total. The summed E-state index contributed by atoms with van der Waals surface area (Å²) in [6.07, 6.45) is 1.99. The third-order valence-electron chi connectivity index (χ3n) is 4.78. The van der Waals surface area contributed by atoms with Crippen molar-refractivity contribution in [2.24, 2.45) is 0 Å². The van der Waals surface area contributed by atoms with Crippen molar-refractivity contribution in [3.8, 4) is 0 Å². The van der Waals surface area contributed by atoms with Crippen LogP contribution in [0.2, 0.25) is 5.02 Å². The average Bonchev–Trinajstić information content (AvgIpc) is 3.34. The molecule has 0 aromatic heterocycles. The van der Waals surface area contributed by atoms with Gasteiger partial charge in [0.05, 0.1) is 10.6 Å². The van der Waals surface area contributed by atoms with Crippen LogP contribution in [0.15, 0.2) is 48.5 Å². The molecule has 2 amide bonds. The molecule has 0 bridgehead atoms. The van der Waals surface area contributed by atoms with Crippen molar-refractivity contribution >= 4 is 46.8 Å². The fraction of sp³-hybridized carbons (Fsp3) is 0.350. The van der Waals surface area contributed by atoms with Crippen LogP contribution in [0.25, 0.3) is 0 Å². The Morgan fingerprint density at radius 1 is 1.08 bits per heavy atom. The normalized spacial score (nSPS) is 20.5. The quantitative estimate of drug-likeness (QED) is 0.662. The lowest BCUT2D eigenvalue weighted by molar-refractivity contribution is 0.207. The molecular weight excluding hydrogens is 384 g/mol. The summed E-state index contributed by atoms with van der Waals surface area (Å²) in [7, 11) is 0. The van der Waals surface area contributed by atoms with Gasteiger partial charge < -0.3 is 10.2 Å². The molecule has 1 atom stereocenters. The first-order chi connectivity index (χ1) is 12.7. The number of amides is 2. The fourth-order valence-electron chi connectivity index (χ4n) is 3.58. The summed E-state index contributed by atoms with van der Waals surface area (Å²) >= 11 is 10.1. The predicted molar refractivity (Wildman–Crippen MR) is 113 cm³/mol. The van der Waals surface area contributed by atoms with Crippen molar-refractivity contribution in [3.63, 3.8) is 0 Å². The summed E-state index contributed by atoms with van der Waals surface area (Å²) in [5, 5.41) is 3.81. The number of urea groups is 1. The standard InChI is InChI=1S/C20H21ClN2OS2/c21-16-6-1-4-14(12-16)18-8-3-9-23(18)20(24)22-17-7-2-5-15(13-17)19-25-10-11-26-19/h1-2,4-7,12-13,18-19H,3,8-11H2,(H,22,24). The maximum Gasteiger partial charge on any atom is 0.322 e. The molecule has 2 aliphatic heterocycles. The van der Waals surface area contributed by atoms with E-state index in [1.54, 1.807) is 0 Å². The molecule has 136 valence electrons. The van der Waals surface area contributed by atoms with Crippen molar-refractivity contribution in [1.29, 1.82) is 0 Å². The minimum absolute atomic E-state index is 0.0312. The average molecular weight is 405 g/mol. The molecule has 2 aromatic rings. The van der Waals surface area contributed by atoms with Gasteiger partial charge in [0.25, 0.3) is 0 Å². The number of likely N-dealkylation sites (tertiary alicyclic amines) is 1. The second-order valence-electron chi connectivity index (χ2n) is 6.54. The molecule has 6 heteroatoms. The minimum Gasteiger partial charge on any atom is -0.317 e. The number of benzene rings is 2. The van der Waals surface area contributed by atoms with Crippen molar-refractivity contribution in [2.45, 2.75) is 23.5 Å². The zero-order valence-corrected chi connectivity index (χ0v) is 16.7. The van der Waals surface area contributed by atoms with E-state index in [4.69, 9.17) is 11.6 Å². The number of carbonyl (C=O) groups is 1. The highest BCUT2D eigenvalue weighted by Crippen LogP contribution is 2.45. The molecule has 1 unspecified atom stereocenters. The molecule has 0 aliphatic carbocycles. The minimum atomic E-state index is -0.0312. The Morgan fingerprint density at radius 2 is 1.85 bits per heavy atom. The van der Waals surface area contributed by atoms with E-state index < -0.39 is 0 Å². The van der Waals surface area contributed by atoms with E-state index >= 15 is 0 Å². The van der Waals surface area contributed by atoms with Crippen molar-refractivity contribution in [3.05, 3.63) is 64.7 Å². The highest BCUT2D eigenvalue weighted by Gasteiger charge is 2.30. The van der Waals surface area contributed by atoms with Crippen LogP contribution in [-0.4, -0.2) is 29.0 Å². The molecule has 1 N–H and O–H groups in total. The summed E-state index contributed by atoms with van der Waals surface area (Å²) in [4.78, 5) is 14.8. The van der Waals surface area contributed by atoms with Crippen LogP contribution in [0.1, 0.15) is 34.6 Å². The smallest absolute Gasteiger partial charge is 0.317 e. The SMILES string of the molecule is O=C(Nc1cccc(C2SCCS2)c1)N1CCCC1c1cccc(Cl)c1. The third kappa shape index (κ3) is 4.00. The van der Waals surface area contributed by atoms with Crippen LogP contribution in [0.5, 0.6) is 0 Å². The van der Waals surface area contributed by atoms with Crippen LogP contribution in [-0.2, 0) is 0 Å². The van der Waals surface area contributed by atoms with Gasteiger partial charge in [-0.1, -0.05) is 35.9 Å². The molecule has 2 fully saturated rings. The number of rotatable bonds is 3. The summed E-state index contributed by atoms with van der Waals surface area (Å²) in [6, 6.07) is 16.2. The summed E-state index contributed by atoms with van der Waals surface area (Å²) in [6.45, 7) is 0.775. The molecule has 2 saturated heterocycles. The maximum absolute atomic E-state index is 12.9. The van der Waals surface area contributed by atoms with E-state index in [0.29, 0.717) is 9.60 Å². The van der Waals surface area contributed by atoms with Gasteiger partial charge in [-0.05, 0) is 48.2 Å². The van der Waals surface area contributed by atoms with Crippen LogP contribution in [0.3, 0.4) is 0 Å². The molecule has 0 radical (unpaired) electrons. The first kappa shape index (κ1) is 18.1. The zero-order chi connectivity index (χ0) is 17.9. The van der Waals surface area contributed by atoms with E-state index in [-0.39, 0.29) is 12.1 Å². The number of anilines is 1. The second kappa shape index (κ2) is 8.15. The maximum atomic E-state index is 12.9. The lowest BCUT2D eigenvalue weighted by atomic mass is 10.1. The van der Waals surface area contributed by atoms with Gasteiger partial charge in [-0.15, -0.1) is 23.5 Å². The summed E-state index contributed by atoms with van der Waals surface area (Å²) in [5.74, 6) is 2.39. The van der Waals surface area contributed by atoms with Gasteiger partial charge in [-0.3, -0.25) is 0 Å². The van der Waals surface area contributed by atoms with E-state index in [0.717, 1.165) is 30.6 Å². The highest BCUT2D eigenvalue weighted by molar-refractivity contribution is 8.19. The topological polar surface area (TPSA) is 32.3 Å². The van der Waals surface area contributed by atoms with Gasteiger partial charge in [-0.25, -0.2) is 4.79 Å². The van der Waals surface area contributed by atoms with Gasteiger partial charge >= 0.3 is 6.03 Å². The second-order valence-corrected chi connectivity index (χ2v) is 9.70. The molecule has 4 rings (SSSR count). The number of nitrogens with zero attached hydrogens (tertiary/aromatic N) is 1. The number of hydrogen-bond donors (Lipinski definition) is 1. The number of halogens is 1.